The van der Waals surface area contributed by atoms with Crippen molar-refractivity contribution < 1.29 is 9.59 Å². The van der Waals surface area contributed by atoms with Crippen LogP contribution in [0.1, 0.15) is 31.4 Å². The number of piperazine rings is 1. The highest BCUT2D eigenvalue weighted by atomic mass is 16.2. The molecule has 0 spiro atoms. The quantitative estimate of drug-likeness (QED) is 0.846. The van der Waals surface area contributed by atoms with Gasteiger partial charge in [0, 0.05) is 25.2 Å². The summed E-state index contributed by atoms with van der Waals surface area (Å²) in [7, 11) is 0. The number of nitrogens with zero attached hydrogens (tertiary/aromatic N) is 2. The molecule has 0 unspecified atom stereocenters. The fourth-order valence-corrected chi connectivity index (χ4v) is 3.37. The lowest BCUT2D eigenvalue weighted by Crippen LogP contribution is -2.53. The lowest BCUT2D eigenvalue weighted by atomic mass is 9.81. The maximum Gasteiger partial charge on any atom is 0.246 e. The van der Waals surface area contributed by atoms with Gasteiger partial charge in [-0.25, -0.2) is 0 Å². The first-order valence-electron chi connectivity index (χ1n) is 9.07. The van der Waals surface area contributed by atoms with Crippen LogP contribution in [0.4, 0.5) is 5.69 Å². The molecule has 2 aromatic carbocycles. The van der Waals surface area contributed by atoms with E-state index in [0.29, 0.717) is 19.5 Å². The fraction of sp³-hybridized carbons (Fsp3) is 0.364. The lowest BCUT2D eigenvalue weighted by molar-refractivity contribution is -0.137. The predicted molar refractivity (Wildman–Crippen MR) is 104 cm³/mol. The molecule has 1 fully saturated rings. The second kappa shape index (κ2) is 7.32. The van der Waals surface area contributed by atoms with Crippen molar-refractivity contribution in [3.63, 3.8) is 0 Å². The average molecular weight is 350 g/mol. The Morgan fingerprint density at radius 3 is 2.27 bits per heavy atom. The number of hydrogen-bond donors (Lipinski definition) is 0. The molecule has 2 amide bonds. The Morgan fingerprint density at radius 1 is 1.00 bits per heavy atom. The summed E-state index contributed by atoms with van der Waals surface area (Å²) in [6.07, 6.45) is 0.398. The predicted octanol–water partition coefficient (Wildman–Crippen LogP) is 3.54. The molecule has 0 radical (unpaired) electrons. The first-order chi connectivity index (χ1) is 12.4. The monoisotopic (exact) mass is 350 g/mol. The first-order valence-corrected chi connectivity index (χ1v) is 9.07. The van der Waals surface area contributed by atoms with Gasteiger partial charge in [0.25, 0.3) is 0 Å². The van der Waals surface area contributed by atoms with Crippen molar-refractivity contribution in [3.05, 3.63) is 65.7 Å². The minimum atomic E-state index is -0.254. The molecule has 136 valence electrons. The standard InChI is InChI=1S/C22H26N2O2/c1-17-9-11-19(12-10-17)24-14-13-23(16-21(24)26)20(25)15-22(2,3)18-7-5-4-6-8-18/h4-12H,13-16H2,1-3H3. The van der Waals surface area contributed by atoms with E-state index in [0.717, 1.165) is 16.8 Å². The summed E-state index contributed by atoms with van der Waals surface area (Å²) in [6, 6.07) is 18.0. The lowest BCUT2D eigenvalue weighted by Gasteiger charge is -2.36. The molecule has 0 aromatic heterocycles. The van der Waals surface area contributed by atoms with E-state index in [1.807, 2.05) is 61.5 Å². The van der Waals surface area contributed by atoms with Crippen LogP contribution in [0.2, 0.25) is 0 Å². The van der Waals surface area contributed by atoms with Crippen LogP contribution in [-0.4, -0.2) is 36.3 Å². The van der Waals surface area contributed by atoms with Crippen LogP contribution >= 0.6 is 0 Å². The molecule has 0 saturated carbocycles. The summed E-state index contributed by atoms with van der Waals surface area (Å²) in [5, 5.41) is 0. The van der Waals surface area contributed by atoms with Gasteiger partial charge in [-0.15, -0.1) is 0 Å². The minimum absolute atomic E-state index is 0.0222. The number of amides is 2. The molecule has 0 aliphatic carbocycles. The number of aryl methyl sites for hydroxylation is 1. The SMILES string of the molecule is Cc1ccc(N2CCN(C(=O)CC(C)(C)c3ccccc3)CC2=O)cc1. The highest BCUT2D eigenvalue weighted by Gasteiger charge is 2.31. The van der Waals surface area contributed by atoms with Crippen LogP contribution in [0.15, 0.2) is 54.6 Å². The van der Waals surface area contributed by atoms with Gasteiger partial charge in [-0.05, 0) is 30.0 Å². The van der Waals surface area contributed by atoms with Crippen LogP contribution < -0.4 is 4.90 Å². The van der Waals surface area contributed by atoms with Crippen molar-refractivity contribution in [1.82, 2.24) is 4.90 Å². The summed E-state index contributed by atoms with van der Waals surface area (Å²) in [4.78, 5) is 28.8. The summed E-state index contributed by atoms with van der Waals surface area (Å²) in [5.41, 5.74) is 2.95. The first kappa shape index (κ1) is 18.2. The molecular weight excluding hydrogens is 324 g/mol. The van der Waals surface area contributed by atoms with E-state index in [2.05, 4.69) is 13.8 Å². The molecule has 0 bridgehead atoms. The van der Waals surface area contributed by atoms with Gasteiger partial charge in [-0.3, -0.25) is 9.59 Å². The number of carbonyl (C=O) groups is 2. The minimum Gasteiger partial charge on any atom is -0.332 e. The van der Waals surface area contributed by atoms with Crippen LogP contribution in [0, 0.1) is 6.92 Å². The average Bonchev–Trinajstić information content (AvgIpc) is 2.63. The van der Waals surface area contributed by atoms with E-state index < -0.39 is 0 Å². The Kier molecular flexibility index (Phi) is 5.12. The van der Waals surface area contributed by atoms with Crippen molar-refractivity contribution >= 4 is 17.5 Å². The Labute approximate surface area is 155 Å². The van der Waals surface area contributed by atoms with Gasteiger partial charge in [-0.1, -0.05) is 61.9 Å². The molecule has 26 heavy (non-hydrogen) atoms. The smallest absolute Gasteiger partial charge is 0.246 e. The third-order valence-corrected chi connectivity index (χ3v) is 5.07. The van der Waals surface area contributed by atoms with E-state index in [9.17, 15) is 9.59 Å². The van der Waals surface area contributed by atoms with Crippen molar-refractivity contribution in [1.29, 1.82) is 0 Å². The van der Waals surface area contributed by atoms with Gasteiger partial charge in [0.1, 0.15) is 6.54 Å². The Balaban J connectivity index is 1.64. The van der Waals surface area contributed by atoms with Crippen LogP contribution in [-0.2, 0) is 15.0 Å². The van der Waals surface area contributed by atoms with Crippen molar-refractivity contribution in [2.24, 2.45) is 0 Å². The van der Waals surface area contributed by atoms with Gasteiger partial charge in [-0.2, -0.15) is 0 Å². The van der Waals surface area contributed by atoms with E-state index in [1.165, 1.54) is 0 Å². The third kappa shape index (κ3) is 3.96. The summed E-state index contributed by atoms with van der Waals surface area (Å²) in [6.45, 7) is 7.44. The van der Waals surface area contributed by atoms with Crippen molar-refractivity contribution in [2.75, 3.05) is 24.5 Å². The zero-order chi connectivity index (χ0) is 18.7. The summed E-state index contributed by atoms with van der Waals surface area (Å²) >= 11 is 0. The second-order valence-electron chi connectivity index (χ2n) is 7.62. The molecule has 1 aliphatic rings. The Bertz CT molecular complexity index is 782. The third-order valence-electron chi connectivity index (χ3n) is 5.07. The Hall–Kier alpha value is -2.62. The normalized spacial score (nSPS) is 15.3. The van der Waals surface area contributed by atoms with Gasteiger partial charge < -0.3 is 9.80 Å². The van der Waals surface area contributed by atoms with E-state index >= 15 is 0 Å². The van der Waals surface area contributed by atoms with Crippen molar-refractivity contribution in [2.45, 2.75) is 32.6 Å². The molecule has 1 aliphatic heterocycles. The Morgan fingerprint density at radius 2 is 1.65 bits per heavy atom. The zero-order valence-electron chi connectivity index (χ0n) is 15.7. The van der Waals surface area contributed by atoms with Crippen LogP contribution in [0.25, 0.3) is 0 Å². The molecule has 0 atom stereocenters. The van der Waals surface area contributed by atoms with E-state index in [-0.39, 0.29) is 23.8 Å². The molecular formula is C22H26N2O2. The summed E-state index contributed by atoms with van der Waals surface area (Å²) < 4.78 is 0. The highest BCUT2D eigenvalue weighted by Crippen LogP contribution is 2.28. The zero-order valence-corrected chi connectivity index (χ0v) is 15.7. The van der Waals surface area contributed by atoms with Crippen LogP contribution in [0.3, 0.4) is 0 Å². The molecule has 4 nitrogen and oxygen atoms in total. The summed E-state index contributed by atoms with van der Waals surface area (Å²) in [5.74, 6) is 0.0155. The number of hydrogen-bond acceptors (Lipinski definition) is 2. The van der Waals surface area contributed by atoms with E-state index in [4.69, 9.17) is 0 Å². The van der Waals surface area contributed by atoms with E-state index in [1.54, 1.807) is 9.80 Å². The molecule has 2 aromatic rings. The molecule has 1 heterocycles. The number of anilines is 1. The van der Waals surface area contributed by atoms with Crippen LogP contribution in [0.5, 0.6) is 0 Å². The fourth-order valence-electron chi connectivity index (χ4n) is 3.37. The molecule has 1 saturated heterocycles. The number of rotatable bonds is 4. The maximum absolute atomic E-state index is 12.8. The number of benzene rings is 2. The maximum atomic E-state index is 12.8. The molecule has 4 heteroatoms. The van der Waals surface area contributed by atoms with Gasteiger partial charge in [0.15, 0.2) is 0 Å². The van der Waals surface area contributed by atoms with Gasteiger partial charge >= 0.3 is 0 Å². The second-order valence-corrected chi connectivity index (χ2v) is 7.62. The van der Waals surface area contributed by atoms with Gasteiger partial charge in [0.2, 0.25) is 11.8 Å². The number of carbonyl (C=O) groups excluding carboxylic acids is 2. The molecule has 0 N–H and O–H groups in total. The van der Waals surface area contributed by atoms with Crippen molar-refractivity contribution in [3.8, 4) is 0 Å². The molecule has 3 rings (SSSR count). The largest absolute Gasteiger partial charge is 0.332 e. The highest BCUT2D eigenvalue weighted by molar-refractivity contribution is 5.98. The van der Waals surface area contributed by atoms with Gasteiger partial charge in [0.05, 0.1) is 0 Å². The topological polar surface area (TPSA) is 40.6 Å².